The van der Waals surface area contributed by atoms with Gasteiger partial charge in [0.25, 0.3) is 0 Å². The molecule has 8 heteroatoms. The highest BCUT2D eigenvalue weighted by molar-refractivity contribution is 5.87. The van der Waals surface area contributed by atoms with Gasteiger partial charge in [0.15, 0.2) is 0 Å². The zero-order chi connectivity index (χ0) is 22.4. The molecule has 0 atom stereocenters. The van der Waals surface area contributed by atoms with Crippen LogP contribution in [0.4, 0.5) is 5.82 Å². The maximum Gasteiger partial charge on any atom is 0.128 e. The Balaban J connectivity index is 1.32. The summed E-state index contributed by atoms with van der Waals surface area (Å²) in [6, 6.07) is 9.39. The van der Waals surface area contributed by atoms with Gasteiger partial charge < -0.3 is 4.90 Å². The number of piperazine rings is 1. The van der Waals surface area contributed by atoms with Crippen LogP contribution in [0.15, 0.2) is 49.2 Å². The van der Waals surface area contributed by atoms with Gasteiger partial charge in [-0.15, -0.1) is 0 Å². The Morgan fingerprint density at radius 2 is 1.79 bits per heavy atom. The predicted molar refractivity (Wildman–Crippen MR) is 127 cm³/mol. The molecule has 1 aliphatic carbocycles. The van der Waals surface area contributed by atoms with E-state index in [0.717, 1.165) is 65.8 Å². The maximum atomic E-state index is 9.64. The monoisotopic (exact) mass is 438 g/mol. The van der Waals surface area contributed by atoms with Crippen LogP contribution in [0.5, 0.6) is 0 Å². The van der Waals surface area contributed by atoms with E-state index in [1.165, 1.54) is 19.3 Å². The molecule has 4 aromatic heterocycles. The van der Waals surface area contributed by atoms with Crippen LogP contribution in [0.3, 0.4) is 0 Å². The van der Waals surface area contributed by atoms with Crippen molar-refractivity contribution in [2.24, 2.45) is 7.05 Å². The van der Waals surface area contributed by atoms with Crippen LogP contribution in [0.1, 0.15) is 24.8 Å². The summed E-state index contributed by atoms with van der Waals surface area (Å²) in [4.78, 5) is 9.83. The molecule has 0 amide bonds. The van der Waals surface area contributed by atoms with Crippen LogP contribution in [0, 0.1) is 11.3 Å². The van der Waals surface area contributed by atoms with Crippen molar-refractivity contribution < 1.29 is 0 Å². The molecule has 8 nitrogen and oxygen atoms in total. The fourth-order valence-electron chi connectivity index (χ4n) is 4.95. The van der Waals surface area contributed by atoms with E-state index in [1.807, 2.05) is 31.8 Å². The third-order valence-electron chi connectivity index (χ3n) is 7.06. The summed E-state index contributed by atoms with van der Waals surface area (Å²) < 4.78 is 3.56. The van der Waals surface area contributed by atoms with Gasteiger partial charge in [-0.3, -0.25) is 9.58 Å². The summed E-state index contributed by atoms with van der Waals surface area (Å²) in [5.74, 6) is 1.01. The molecule has 1 aliphatic heterocycles. The summed E-state index contributed by atoms with van der Waals surface area (Å²) in [5.41, 5.74) is 5.27. The summed E-state index contributed by atoms with van der Waals surface area (Å²) in [7, 11) is 1.90. The zero-order valence-corrected chi connectivity index (χ0v) is 18.7. The maximum absolute atomic E-state index is 9.64. The van der Waals surface area contributed by atoms with Gasteiger partial charge in [-0.05, 0) is 31.0 Å². The molecule has 33 heavy (non-hydrogen) atoms. The molecule has 5 heterocycles. The van der Waals surface area contributed by atoms with E-state index in [4.69, 9.17) is 4.98 Å². The van der Waals surface area contributed by atoms with Crippen molar-refractivity contribution >= 4 is 11.3 Å². The second-order valence-corrected chi connectivity index (χ2v) is 9.02. The SMILES string of the molecule is Cn1cc(-c2cc(-c3ccc(N4CCN(C5CCC5)CC4)nc3)c3c(C#N)cnn3c2)cn1. The first-order chi connectivity index (χ1) is 16.2. The smallest absolute Gasteiger partial charge is 0.128 e. The highest BCUT2D eigenvalue weighted by Crippen LogP contribution is 2.32. The van der Waals surface area contributed by atoms with E-state index in [9.17, 15) is 5.26 Å². The number of aromatic nitrogens is 5. The van der Waals surface area contributed by atoms with Gasteiger partial charge in [-0.1, -0.05) is 6.42 Å². The van der Waals surface area contributed by atoms with E-state index in [2.05, 4.69) is 44.3 Å². The van der Waals surface area contributed by atoms with Crippen molar-refractivity contribution in [3.63, 3.8) is 0 Å². The predicted octanol–water partition coefficient (Wildman–Crippen LogP) is 3.34. The highest BCUT2D eigenvalue weighted by Gasteiger charge is 2.28. The van der Waals surface area contributed by atoms with Crippen molar-refractivity contribution in [2.75, 3.05) is 31.1 Å². The average molecular weight is 439 g/mol. The number of hydrogen-bond acceptors (Lipinski definition) is 6. The van der Waals surface area contributed by atoms with Gasteiger partial charge in [0.05, 0.1) is 23.5 Å². The third kappa shape index (κ3) is 3.55. The zero-order valence-electron chi connectivity index (χ0n) is 18.7. The Morgan fingerprint density at radius 3 is 2.42 bits per heavy atom. The molecule has 2 fully saturated rings. The number of hydrogen-bond donors (Lipinski definition) is 0. The molecular weight excluding hydrogens is 412 g/mol. The largest absolute Gasteiger partial charge is 0.354 e. The number of fused-ring (bicyclic) bond motifs is 1. The third-order valence-corrected chi connectivity index (χ3v) is 7.06. The molecular formula is C25H26N8. The van der Waals surface area contributed by atoms with E-state index in [-0.39, 0.29) is 0 Å². The topological polar surface area (TPSA) is 78.3 Å². The molecule has 6 rings (SSSR count). The standard InChI is InChI=1S/C25H26N8/c1-30-16-21(15-28-30)19-11-23(25-20(12-26)14-29-33(25)17-19)18-5-6-24(27-13-18)32-9-7-31(8-10-32)22-3-2-4-22/h5-6,11,13-17,22H,2-4,7-10H2,1H3. The minimum atomic E-state index is 0.555. The fourth-order valence-corrected chi connectivity index (χ4v) is 4.95. The molecule has 0 radical (unpaired) electrons. The van der Waals surface area contributed by atoms with Crippen molar-refractivity contribution in [3.8, 4) is 28.3 Å². The summed E-state index contributed by atoms with van der Waals surface area (Å²) in [5, 5.41) is 18.4. The second-order valence-electron chi connectivity index (χ2n) is 9.02. The van der Waals surface area contributed by atoms with E-state index in [1.54, 1.807) is 15.4 Å². The van der Waals surface area contributed by atoms with Crippen molar-refractivity contribution in [2.45, 2.75) is 25.3 Å². The fraction of sp³-hybridized carbons (Fsp3) is 0.360. The van der Waals surface area contributed by atoms with Gasteiger partial charge in [-0.2, -0.15) is 15.5 Å². The van der Waals surface area contributed by atoms with E-state index >= 15 is 0 Å². The van der Waals surface area contributed by atoms with E-state index < -0.39 is 0 Å². The quantitative estimate of drug-likeness (QED) is 0.486. The molecule has 0 N–H and O–H groups in total. The summed E-state index contributed by atoms with van der Waals surface area (Å²) in [6.45, 7) is 4.27. The summed E-state index contributed by atoms with van der Waals surface area (Å²) >= 11 is 0. The van der Waals surface area contributed by atoms with Crippen LogP contribution in [0.25, 0.3) is 27.8 Å². The first-order valence-corrected chi connectivity index (χ1v) is 11.6. The van der Waals surface area contributed by atoms with Crippen molar-refractivity contribution in [3.05, 3.63) is 54.7 Å². The number of anilines is 1. The highest BCUT2D eigenvalue weighted by atomic mass is 15.3. The van der Waals surface area contributed by atoms with Crippen LogP contribution in [-0.2, 0) is 7.05 Å². The molecule has 1 saturated heterocycles. The van der Waals surface area contributed by atoms with Crippen LogP contribution in [-0.4, -0.2) is 61.5 Å². The van der Waals surface area contributed by atoms with Gasteiger partial charge in [-0.25, -0.2) is 9.50 Å². The Labute approximate surface area is 192 Å². The lowest BCUT2D eigenvalue weighted by atomic mass is 9.91. The number of nitriles is 1. The number of nitrogens with zero attached hydrogens (tertiary/aromatic N) is 8. The lowest BCUT2D eigenvalue weighted by Crippen LogP contribution is -2.52. The first-order valence-electron chi connectivity index (χ1n) is 11.6. The van der Waals surface area contributed by atoms with Gasteiger partial charge in [0, 0.05) is 80.1 Å². The molecule has 0 bridgehead atoms. The van der Waals surface area contributed by atoms with Crippen LogP contribution in [0.2, 0.25) is 0 Å². The first kappa shape index (κ1) is 19.9. The molecule has 0 unspecified atom stereocenters. The minimum Gasteiger partial charge on any atom is -0.354 e. The Bertz CT molecular complexity index is 1330. The number of rotatable bonds is 4. The molecule has 1 saturated carbocycles. The van der Waals surface area contributed by atoms with Crippen LogP contribution < -0.4 is 4.90 Å². The van der Waals surface area contributed by atoms with E-state index in [0.29, 0.717) is 5.56 Å². The number of pyridine rings is 2. The van der Waals surface area contributed by atoms with Gasteiger partial charge in [0.2, 0.25) is 0 Å². The minimum absolute atomic E-state index is 0.555. The Morgan fingerprint density at radius 1 is 0.939 bits per heavy atom. The normalized spacial score (nSPS) is 17.3. The lowest BCUT2D eigenvalue weighted by Gasteiger charge is -2.43. The Hall–Kier alpha value is -3.70. The van der Waals surface area contributed by atoms with Gasteiger partial charge in [0.1, 0.15) is 11.9 Å². The molecule has 166 valence electrons. The number of aryl methyl sites for hydroxylation is 1. The molecule has 0 spiro atoms. The van der Waals surface area contributed by atoms with Gasteiger partial charge >= 0.3 is 0 Å². The van der Waals surface area contributed by atoms with Crippen molar-refractivity contribution in [1.29, 1.82) is 5.26 Å². The molecule has 2 aliphatic rings. The van der Waals surface area contributed by atoms with Crippen LogP contribution >= 0.6 is 0 Å². The average Bonchev–Trinajstić information content (AvgIpc) is 3.44. The van der Waals surface area contributed by atoms with Crippen molar-refractivity contribution in [1.82, 2.24) is 29.3 Å². The second kappa shape index (κ2) is 8.01. The lowest BCUT2D eigenvalue weighted by molar-refractivity contribution is 0.120. The molecule has 4 aromatic rings. The summed E-state index contributed by atoms with van der Waals surface area (Å²) in [6.07, 6.45) is 13.4. The molecule has 0 aromatic carbocycles. The Kier molecular flexibility index (Phi) is 4.84.